The Morgan fingerprint density at radius 2 is 2.11 bits per heavy atom. The van der Waals surface area contributed by atoms with Gasteiger partial charge in [0.2, 0.25) is 0 Å². The maximum atomic E-state index is 5.56. The van der Waals surface area contributed by atoms with Crippen molar-refractivity contribution in [3.05, 3.63) is 0 Å². The highest BCUT2D eigenvalue weighted by atomic mass is 16.5. The molecule has 1 heterocycles. The van der Waals surface area contributed by atoms with Crippen LogP contribution >= 0.6 is 0 Å². The van der Waals surface area contributed by atoms with Crippen LogP contribution in [0, 0.1) is 11.8 Å². The van der Waals surface area contributed by atoms with Gasteiger partial charge in [0, 0.05) is 25.2 Å². The van der Waals surface area contributed by atoms with Gasteiger partial charge in [0.1, 0.15) is 0 Å². The van der Waals surface area contributed by atoms with Crippen LogP contribution < -0.4 is 5.32 Å². The van der Waals surface area contributed by atoms with E-state index in [1.807, 2.05) is 0 Å². The lowest BCUT2D eigenvalue weighted by Crippen LogP contribution is -2.54. The molecule has 0 aromatic heterocycles. The summed E-state index contributed by atoms with van der Waals surface area (Å²) in [5, 5.41) is 3.75. The second kappa shape index (κ2) is 7.05. The third kappa shape index (κ3) is 4.17. The summed E-state index contributed by atoms with van der Waals surface area (Å²) in [4.78, 5) is 2.47. The average Bonchev–Trinajstić information content (AvgIpc) is 2.40. The molecule has 0 amide bonds. The molecule has 3 atom stereocenters. The molecular weight excluding hydrogens is 236 g/mol. The zero-order chi connectivity index (χ0) is 13.7. The maximum absolute atomic E-state index is 5.56. The normalized spacial score (nSPS) is 36.6. The highest BCUT2D eigenvalue weighted by molar-refractivity contribution is 4.94. The predicted molar refractivity (Wildman–Crippen MR) is 80.5 cm³/mol. The molecule has 3 nitrogen and oxygen atoms in total. The summed E-state index contributed by atoms with van der Waals surface area (Å²) in [7, 11) is 4.51. The molecule has 1 saturated heterocycles. The molecule has 0 bridgehead atoms. The van der Waals surface area contributed by atoms with Crippen molar-refractivity contribution in [1.29, 1.82) is 0 Å². The predicted octanol–water partition coefficient (Wildman–Crippen LogP) is 2.51. The minimum atomic E-state index is 0.382. The molecule has 3 unspecified atom stereocenters. The molecule has 2 rings (SSSR count). The van der Waals surface area contributed by atoms with Crippen molar-refractivity contribution in [2.24, 2.45) is 11.8 Å². The molecule has 0 radical (unpaired) electrons. The Kier molecular flexibility index (Phi) is 5.67. The standard InChI is InChI=1S/C16H32N2O/c1-14-6-4-8-16(10-14,18(2)3)13-17-11-15-7-5-9-19-12-15/h14-15,17H,4-13H2,1-3H3. The van der Waals surface area contributed by atoms with Crippen molar-refractivity contribution in [3.63, 3.8) is 0 Å². The van der Waals surface area contributed by atoms with Gasteiger partial charge in [0.25, 0.3) is 0 Å². The number of rotatable bonds is 5. The second-order valence-corrected chi connectivity index (χ2v) is 7.03. The van der Waals surface area contributed by atoms with Crippen LogP contribution in [0.3, 0.4) is 0 Å². The monoisotopic (exact) mass is 268 g/mol. The Labute approximate surface area is 119 Å². The summed E-state index contributed by atoms with van der Waals surface area (Å²) < 4.78 is 5.56. The van der Waals surface area contributed by atoms with Gasteiger partial charge in [-0.05, 0) is 51.6 Å². The van der Waals surface area contributed by atoms with Crippen LogP contribution in [0.1, 0.15) is 45.4 Å². The lowest BCUT2D eigenvalue weighted by atomic mass is 9.75. The van der Waals surface area contributed by atoms with Gasteiger partial charge < -0.3 is 15.0 Å². The van der Waals surface area contributed by atoms with Gasteiger partial charge in [-0.3, -0.25) is 0 Å². The van der Waals surface area contributed by atoms with Crippen molar-refractivity contribution in [1.82, 2.24) is 10.2 Å². The maximum Gasteiger partial charge on any atom is 0.0506 e. The fourth-order valence-corrected chi connectivity index (χ4v) is 3.83. The molecule has 0 aromatic carbocycles. The van der Waals surface area contributed by atoms with Crippen LogP contribution in [0.15, 0.2) is 0 Å². The van der Waals surface area contributed by atoms with E-state index in [0.717, 1.165) is 38.1 Å². The van der Waals surface area contributed by atoms with Crippen molar-refractivity contribution < 1.29 is 4.74 Å². The van der Waals surface area contributed by atoms with E-state index in [4.69, 9.17) is 4.74 Å². The topological polar surface area (TPSA) is 24.5 Å². The Hall–Kier alpha value is -0.120. The van der Waals surface area contributed by atoms with E-state index in [1.54, 1.807) is 0 Å². The van der Waals surface area contributed by atoms with Crippen molar-refractivity contribution in [3.8, 4) is 0 Å². The largest absolute Gasteiger partial charge is 0.381 e. The smallest absolute Gasteiger partial charge is 0.0506 e. The Morgan fingerprint density at radius 3 is 2.74 bits per heavy atom. The molecule has 1 saturated carbocycles. The van der Waals surface area contributed by atoms with Crippen molar-refractivity contribution in [2.75, 3.05) is 40.4 Å². The Morgan fingerprint density at radius 1 is 1.26 bits per heavy atom. The van der Waals surface area contributed by atoms with Crippen molar-refractivity contribution in [2.45, 2.75) is 51.0 Å². The first-order valence-corrected chi connectivity index (χ1v) is 8.08. The number of nitrogens with one attached hydrogen (secondary N) is 1. The Bertz CT molecular complexity index is 263. The molecule has 1 N–H and O–H groups in total. The molecule has 3 heteroatoms. The first kappa shape index (κ1) is 15.3. The molecule has 0 spiro atoms. The number of hydrogen-bond acceptors (Lipinski definition) is 3. The molecular formula is C16H32N2O. The van der Waals surface area contributed by atoms with E-state index < -0.39 is 0 Å². The number of likely N-dealkylation sites (N-methyl/N-ethyl adjacent to an activating group) is 1. The van der Waals surface area contributed by atoms with Gasteiger partial charge >= 0.3 is 0 Å². The van der Waals surface area contributed by atoms with Gasteiger partial charge in [-0.25, -0.2) is 0 Å². The molecule has 2 fully saturated rings. The lowest BCUT2D eigenvalue weighted by molar-refractivity contribution is 0.0467. The van der Waals surface area contributed by atoms with Crippen LogP contribution in [0.5, 0.6) is 0 Å². The van der Waals surface area contributed by atoms with E-state index in [-0.39, 0.29) is 0 Å². The molecule has 0 aromatic rings. The minimum absolute atomic E-state index is 0.382. The van der Waals surface area contributed by atoms with Crippen LogP contribution in [-0.2, 0) is 4.74 Å². The third-order valence-electron chi connectivity index (χ3n) is 5.16. The van der Waals surface area contributed by atoms with E-state index in [1.165, 1.54) is 38.5 Å². The quantitative estimate of drug-likeness (QED) is 0.829. The second-order valence-electron chi connectivity index (χ2n) is 7.03. The molecule has 1 aliphatic carbocycles. The summed E-state index contributed by atoms with van der Waals surface area (Å²) in [6.45, 7) is 6.60. The van der Waals surface area contributed by atoms with Gasteiger partial charge in [-0.1, -0.05) is 19.8 Å². The van der Waals surface area contributed by atoms with Gasteiger partial charge in [-0.2, -0.15) is 0 Å². The van der Waals surface area contributed by atoms with Gasteiger partial charge in [0.05, 0.1) is 6.61 Å². The highest BCUT2D eigenvalue weighted by Crippen LogP contribution is 2.35. The molecule has 1 aliphatic heterocycles. The van der Waals surface area contributed by atoms with Crippen LogP contribution in [0.25, 0.3) is 0 Å². The first-order chi connectivity index (χ1) is 9.12. The Balaban J connectivity index is 1.79. The number of nitrogens with zero attached hydrogens (tertiary/aromatic N) is 1. The number of ether oxygens (including phenoxy) is 1. The van der Waals surface area contributed by atoms with Crippen LogP contribution in [0.4, 0.5) is 0 Å². The summed E-state index contributed by atoms with van der Waals surface area (Å²) in [5.74, 6) is 1.60. The van der Waals surface area contributed by atoms with Gasteiger partial charge in [-0.15, -0.1) is 0 Å². The van der Waals surface area contributed by atoms with E-state index >= 15 is 0 Å². The minimum Gasteiger partial charge on any atom is -0.381 e. The molecule has 19 heavy (non-hydrogen) atoms. The zero-order valence-electron chi connectivity index (χ0n) is 13.1. The van der Waals surface area contributed by atoms with E-state index in [0.29, 0.717) is 5.54 Å². The highest BCUT2D eigenvalue weighted by Gasteiger charge is 2.36. The van der Waals surface area contributed by atoms with Crippen LogP contribution in [0.2, 0.25) is 0 Å². The SMILES string of the molecule is CC1CCCC(CNCC2CCCOC2)(N(C)C)C1. The zero-order valence-corrected chi connectivity index (χ0v) is 13.1. The summed E-state index contributed by atoms with van der Waals surface area (Å²) in [6, 6.07) is 0. The fraction of sp³-hybridized carbons (Fsp3) is 1.00. The molecule has 112 valence electrons. The fourth-order valence-electron chi connectivity index (χ4n) is 3.83. The van der Waals surface area contributed by atoms with Crippen molar-refractivity contribution >= 4 is 0 Å². The third-order valence-corrected chi connectivity index (χ3v) is 5.16. The summed E-state index contributed by atoms with van der Waals surface area (Å²) in [5.41, 5.74) is 0.382. The average molecular weight is 268 g/mol. The number of hydrogen-bond donors (Lipinski definition) is 1. The van der Waals surface area contributed by atoms with E-state index in [9.17, 15) is 0 Å². The first-order valence-electron chi connectivity index (χ1n) is 8.08. The van der Waals surface area contributed by atoms with Crippen LogP contribution in [-0.4, -0.2) is 50.8 Å². The summed E-state index contributed by atoms with van der Waals surface area (Å²) in [6.07, 6.45) is 8.05. The van der Waals surface area contributed by atoms with E-state index in [2.05, 4.69) is 31.2 Å². The molecule has 2 aliphatic rings. The lowest BCUT2D eigenvalue weighted by Gasteiger charge is -2.45. The summed E-state index contributed by atoms with van der Waals surface area (Å²) >= 11 is 0. The van der Waals surface area contributed by atoms with Gasteiger partial charge in [0.15, 0.2) is 0 Å².